The number of carbonyl (C=O) groups is 4. The molecule has 3 atom stereocenters. The lowest BCUT2D eigenvalue weighted by molar-refractivity contribution is -0.146. The van der Waals surface area contributed by atoms with Crippen LogP contribution in [0, 0.1) is 0 Å². The van der Waals surface area contributed by atoms with Gasteiger partial charge in [-0.15, -0.1) is 0 Å². The fourth-order valence-electron chi connectivity index (χ4n) is 7.36. The normalized spacial score (nSPS) is 15.5. The van der Waals surface area contributed by atoms with E-state index in [0.717, 1.165) is 65.7 Å². The molecule has 0 aromatic heterocycles. The molecule has 0 spiro atoms. The van der Waals surface area contributed by atoms with Crippen LogP contribution in [0.3, 0.4) is 0 Å². The van der Waals surface area contributed by atoms with Gasteiger partial charge in [-0.05, 0) is 46.2 Å². The fourth-order valence-corrected chi connectivity index (χ4v) is 7.36. The Morgan fingerprint density at radius 1 is 0.741 bits per heavy atom. The van der Waals surface area contributed by atoms with Crippen molar-refractivity contribution in [2.24, 2.45) is 0 Å². The first-order valence-corrected chi connectivity index (χ1v) is 18.6. The Morgan fingerprint density at radius 2 is 1.30 bits per heavy atom. The van der Waals surface area contributed by atoms with Gasteiger partial charge in [0.2, 0.25) is 11.8 Å². The van der Waals surface area contributed by atoms with Crippen LogP contribution in [0.4, 0.5) is 4.79 Å². The van der Waals surface area contributed by atoms with Gasteiger partial charge in [-0.3, -0.25) is 14.4 Å². The van der Waals surface area contributed by atoms with Crippen molar-refractivity contribution in [1.29, 1.82) is 0 Å². The number of amides is 3. The number of carbonyl (C=O) groups excluding carboxylic acids is 4. The molecule has 4 aromatic rings. The van der Waals surface area contributed by atoms with Crippen molar-refractivity contribution in [2.75, 3.05) is 33.9 Å². The Bertz CT molecular complexity index is 1840. The molecule has 11 nitrogen and oxygen atoms in total. The molecule has 0 bridgehead atoms. The van der Waals surface area contributed by atoms with Crippen molar-refractivity contribution in [2.45, 2.75) is 62.7 Å². The van der Waals surface area contributed by atoms with E-state index in [4.69, 9.17) is 9.47 Å². The summed E-state index contributed by atoms with van der Waals surface area (Å²) in [6.45, 7) is 1.76. The van der Waals surface area contributed by atoms with E-state index < -0.39 is 42.6 Å². The number of fused-ring (bicyclic) bond motifs is 3. The number of benzene rings is 4. The van der Waals surface area contributed by atoms with Gasteiger partial charge in [0, 0.05) is 38.9 Å². The Balaban J connectivity index is 1.19. The Hall–Kier alpha value is -5.52. The van der Waals surface area contributed by atoms with E-state index in [1.54, 1.807) is 0 Å². The predicted molar refractivity (Wildman–Crippen MR) is 206 cm³/mol. The molecule has 1 fully saturated rings. The molecule has 54 heavy (non-hydrogen) atoms. The highest BCUT2D eigenvalue weighted by Gasteiger charge is 2.36. The maximum Gasteiger partial charge on any atom is 0.407 e. The number of esters is 1. The second kappa shape index (κ2) is 18.5. The molecule has 1 aliphatic heterocycles. The number of hydrogen-bond acceptors (Lipinski definition) is 8. The highest BCUT2D eigenvalue weighted by molar-refractivity contribution is 5.93. The van der Waals surface area contributed by atoms with Crippen LogP contribution in [0.15, 0.2) is 109 Å². The Kier molecular flexibility index (Phi) is 13.1. The van der Waals surface area contributed by atoms with Crippen LogP contribution < -0.4 is 16.1 Å². The first kappa shape index (κ1) is 38.2. The van der Waals surface area contributed by atoms with E-state index in [-0.39, 0.29) is 24.9 Å². The molecule has 0 saturated carbocycles. The van der Waals surface area contributed by atoms with Crippen LogP contribution in [0.25, 0.3) is 11.1 Å². The Morgan fingerprint density at radius 3 is 1.89 bits per heavy atom. The maximum atomic E-state index is 14.3. The molecule has 3 N–H and O–H groups in total. The molecule has 1 saturated heterocycles. The number of alkyl carbamates (subject to hydrolysis) is 1. The smallest absolute Gasteiger partial charge is 0.407 e. The number of nitrogens with one attached hydrogen (secondary N) is 3. The minimum atomic E-state index is -1.35. The fraction of sp³-hybridized carbons (Fsp3) is 0.349. The lowest BCUT2D eigenvalue weighted by Gasteiger charge is -2.35. The molecule has 0 radical (unpaired) electrons. The molecule has 6 rings (SSSR count). The third-order valence-corrected chi connectivity index (χ3v) is 10.2. The third-order valence-electron chi connectivity index (χ3n) is 10.2. The van der Waals surface area contributed by atoms with Crippen LogP contribution in [0.5, 0.6) is 0 Å². The van der Waals surface area contributed by atoms with Gasteiger partial charge in [0.25, 0.3) is 0 Å². The van der Waals surface area contributed by atoms with E-state index in [1.807, 2.05) is 109 Å². The molecule has 3 amide bonds. The summed E-state index contributed by atoms with van der Waals surface area (Å²) in [5, 5.41) is 7.94. The average molecular weight is 732 g/mol. The first-order chi connectivity index (χ1) is 26.3. The van der Waals surface area contributed by atoms with Crippen LogP contribution in [-0.2, 0) is 36.7 Å². The van der Waals surface area contributed by atoms with E-state index in [2.05, 4.69) is 21.1 Å². The number of likely N-dealkylation sites (N-methyl/N-ethyl adjacent to an activating group) is 1. The number of rotatable bonds is 15. The van der Waals surface area contributed by atoms with Crippen molar-refractivity contribution < 1.29 is 28.7 Å². The average Bonchev–Trinajstić information content (AvgIpc) is 3.52. The van der Waals surface area contributed by atoms with Gasteiger partial charge in [-0.2, -0.15) is 0 Å². The minimum Gasteiger partial charge on any atom is -0.469 e. The van der Waals surface area contributed by atoms with Gasteiger partial charge in [-0.1, -0.05) is 116 Å². The van der Waals surface area contributed by atoms with Crippen molar-refractivity contribution in [3.05, 3.63) is 131 Å². The van der Waals surface area contributed by atoms with Crippen molar-refractivity contribution in [3.63, 3.8) is 0 Å². The standard InChI is InChI=1S/C43H49N5O6/c1-47(38(26-30-16-6-3-7-17-30)41(50)45-39(27-31-18-8-4-9-19-31)46-48-24-14-5-15-25-48)42(51)37(28-40(49)53-2)44-43(52)54-29-36-34-22-12-10-20-32(34)33-21-11-13-23-35(33)36/h3-4,6-13,16-23,36-39,46H,5,14-15,24-29H2,1-2H3,(H,44,52)(H,45,50)/t37?,38-,39?/m0/s1. The summed E-state index contributed by atoms with van der Waals surface area (Å²) in [7, 11) is 2.73. The van der Waals surface area contributed by atoms with E-state index in [9.17, 15) is 19.2 Å². The minimum absolute atomic E-state index is 0.0285. The van der Waals surface area contributed by atoms with Crippen LogP contribution in [0.2, 0.25) is 0 Å². The van der Waals surface area contributed by atoms with Crippen LogP contribution in [-0.4, -0.2) is 85.9 Å². The molecule has 1 aliphatic carbocycles. The number of hydrazine groups is 1. The zero-order valence-electron chi connectivity index (χ0n) is 30.9. The number of hydrogen-bond donors (Lipinski definition) is 3. The predicted octanol–water partition coefficient (Wildman–Crippen LogP) is 5.20. The second-order valence-corrected chi connectivity index (χ2v) is 13.9. The van der Waals surface area contributed by atoms with E-state index >= 15 is 0 Å². The lowest BCUT2D eigenvalue weighted by Crippen LogP contribution is -2.60. The third kappa shape index (κ3) is 9.71. The van der Waals surface area contributed by atoms with Crippen LogP contribution >= 0.6 is 0 Å². The highest BCUT2D eigenvalue weighted by atomic mass is 16.5. The van der Waals surface area contributed by atoms with Gasteiger partial charge in [0.15, 0.2) is 0 Å². The molecule has 282 valence electrons. The quantitative estimate of drug-likeness (QED) is 0.113. The molecule has 2 aliphatic rings. The number of nitrogens with zero attached hydrogens (tertiary/aromatic N) is 2. The highest BCUT2D eigenvalue weighted by Crippen LogP contribution is 2.44. The summed E-state index contributed by atoms with van der Waals surface area (Å²) in [6.07, 6.45) is 2.25. The molecule has 4 aromatic carbocycles. The summed E-state index contributed by atoms with van der Waals surface area (Å²) in [6, 6.07) is 33.0. The van der Waals surface area contributed by atoms with Gasteiger partial charge in [0.1, 0.15) is 18.7 Å². The van der Waals surface area contributed by atoms with Gasteiger partial charge in [-0.25, -0.2) is 15.2 Å². The van der Waals surface area contributed by atoms with Gasteiger partial charge >= 0.3 is 12.1 Å². The Labute approximate surface area is 317 Å². The van der Waals surface area contributed by atoms with Gasteiger partial charge in [0.05, 0.1) is 19.7 Å². The van der Waals surface area contributed by atoms with Crippen molar-refractivity contribution in [3.8, 4) is 11.1 Å². The summed E-state index contributed by atoms with van der Waals surface area (Å²) in [4.78, 5) is 55.9. The molecular formula is C43H49N5O6. The monoisotopic (exact) mass is 731 g/mol. The van der Waals surface area contributed by atoms with Crippen molar-refractivity contribution in [1.82, 2.24) is 26.0 Å². The molecule has 1 heterocycles. The summed E-state index contributed by atoms with van der Waals surface area (Å²) < 4.78 is 10.6. The molecule has 11 heteroatoms. The zero-order valence-corrected chi connectivity index (χ0v) is 30.9. The van der Waals surface area contributed by atoms with Crippen molar-refractivity contribution >= 4 is 23.9 Å². The zero-order chi connectivity index (χ0) is 37.9. The SMILES string of the molecule is COC(=O)CC(NC(=O)OCC1c2ccccc2-c2ccccc21)C(=O)N(C)[C@@H](Cc1ccccc1)C(=O)NC(Cc1ccccc1)NN1CCCCC1. The summed E-state index contributed by atoms with van der Waals surface area (Å²) in [5.41, 5.74) is 9.66. The number of methoxy groups -OCH3 is 1. The number of ether oxygens (including phenoxy) is 2. The van der Waals surface area contributed by atoms with E-state index in [0.29, 0.717) is 6.42 Å². The summed E-state index contributed by atoms with van der Waals surface area (Å²) in [5.74, 6) is -1.90. The largest absolute Gasteiger partial charge is 0.469 e. The lowest BCUT2D eigenvalue weighted by atomic mass is 9.98. The first-order valence-electron chi connectivity index (χ1n) is 18.6. The summed E-state index contributed by atoms with van der Waals surface area (Å²) >= 11 is 0. The van der Waals surface area contributed by atoms with Gasteiger partial charge < -0.3 is 25.0 Å². The number of piperidine rings is 1. The maximum absolute atomic E-state index is 14.3. The molecule has 2 unspecified atom stereocenters. The second-order valence-electron chi connectivity index (χ2n) is 13.9. The topological polar surface area (TPSA) is 129 Å². The van der Waals surface area contributed by atoms with E-state index in [1.165, 1.54) is 19.1 Å². The molecular weight excluding hydrogens is 683 g/mol. The van der Waals surface area contributed by atoms with Crippen LogP contribution in [0.1, 0.15) is 53.9 Å².